The summed E-state index contributed by atoms with van der Waals surface area (Å²) in [7, 11) is 0. The molecular formula is C23H20F6N4OS. The number of benzene rings is 2. The Morgan fingerprint density at radius 3 is 2.20 bits per heavy atom. The van der Waals surface area contributed by atoms with E-state index in [4.69, 9.17) is 0 Å². The largest absolute Gasteiger partial charge is 0.416 e. The van der Waals surface area contributed by atoms with Crippen LogP contribution in [-0.4, -0.2) is 42.0 Å². The number of hydrogen-bond acceptors (Lipinski definition) is 5. The van der Waals surface area contributed by atoms with Crippen molar-refractivity contribution < 1.29 is 31.1 Å². The summed E-state index contributed by atoms with van der Waals surface area (Å²) >= 11 is 1.17. The minimum Gasteiger partial charge on any atom is -0.368 e. The van der Waals surface area contributed by atoms with Crippen LogP contribution in [0.25, 0.3) is 0 Å². The fourth-order valence-corrected chi connectivity index (χ4v) is 4.43. The van der Waals surface area contributed by atoms with E-state index < -0.39 is 23.5 Å². The molecule has 35 heavy (non-hydrogen) atoms. The molecule has 0 unspecified atom stereocenters. The zero-order valence-corrected chi connectivity index (χ0v) is 19.0. The lowest BCUT2D eigenvalue weighted by molar-refractivity contribution is -0.138. The summed E-state index contributed by atoms with van der Waals surface area (Å²) in [6, 6.07) is 9.84. The number of carbonyl (C=O) groups is 1. The van der Waals surface area contributed by atoms with Gasteiger partial charge >= 0.3 is 12.4 Å². The molecule has 0 spiro atoms. The van der Waals surface area contributed by atoms with Crippen molar-refractivity contribution in [2.24, 2.45) is 0 Å². The van der Waals surface area contributed by atoms with Crippen molar-refractivity contribution in [3.8, 4) is 0 Å². The Balaban J connectivity index is 1.32. The van der Waals surface area contributed by atoms with E-state index in [1.807, 2.05) is 0 Å². The third-order valence-corrected chi connectivity index (χ3v) is 6.30. The van der Waals surface area contributed by atoms with E-state index in [1.54, 1.807) is 21.2 Å². The Labute approximate surface area is 201 Å². The molecule has 0 aliphatic carbocycles. The molecule has 186 valence electrons. The monoisotopic (exact) mass is 514 g/mol. The van der Waals surface area contributed by atoms with Gasteiger partial charge in [0.15, 0.2) is 5.13 Å². The molecule has 4 rings (SSSR count). The van der Waals surface area contributed by atoms with Gasteiger partial charge in [-0.2, -0.15) is 26.3 Å². The van der Waals surface area contributed by atoms with Crippen LogP contribution in [0.4, 0.5) is 42.8 Å². The quantitative estimate of drug-likeness (QED) is 0.437. The molecule has 1 aliphatic heterocycles. The van der Waals surface area contributed by atoms with Crippen LogP contribution in [0.5, 0.6) is 0 Å². The second-order valence-corrected chi connectivity index (χ2v) is 8.80. The number of rotatable bonds is 5. The summed E-state index contributed by atoms with van der Waals surface area (Å²) in [5.74, 6) is -0.176. The molecule has 12 heteroatoms. The number of nitrogens with one attached hydrogen (secondary N) is 1. The lowest BCUT2D eigenvalue weighted by atomic mass is 10.1. The summed E-state index contributed by atoms with van der Waals surface area (Å²) in [4.78, 5) is 20.4. The second kappa shape index (κ2) is 9.76. The number of halogens is 6. The summed E-state index contributed by atoms with van der Waals surface area (Å²) in [6.45, 7) is 1.50. The molecule has 0 atom stereocenters. The first-order valence-electron chi connectivity index (χ1n) is 10.6. The Kier molecular flexibility index (Phi) is 6.93. The lowest BCUT2D eigenvalue weighted by Crippen LogP contribution is -2.49. The topological polar surface area (TPSA) is 48.5 Å². The highest BCUT2D eigenvalue weighted by Crippen LogP contribution is 2.33. The van der Waals surface area contributed by atoms with Crippen LogP contribution < -0.4 is 10.2 Å². The Morgan fingerprint density at radius 2 is 1.54 bits per heavy atom. The van der Waals surface area contributed by atoms with Gasteiger partial charge in [0.05, 0.1) is 23.2 Å². The molecule has 1 aliphatic rings. The van der Waals surface area contributed by atoms with Crippen LogP contribution in [0, 0.1) is 0 Å². The summed E-state index contributed by atoms with van der Waals surface area (Å²) in [5, 5.41) is 4.85. The Bertz CT molecular complexity index is 1180. The van der Waals surface area contributed by atoms with E-state index in [1.165, 1.54) is 29.5 Å². The number of nitrogens with zero attached hydrogens (tertiary/aromatic N) is 3. The Morgan fingerprint density at radius 1 is 0.914 bits per heavy atom. The summed E-state index contributed by atoms with van der Waals surface area (Å²) < 4.78 is 77.6. The van der Waals surface area contributed by atoms with Gasteiger partial charge in [-0.15, -0.1) is 11.3 Å². The highest BCUT2D eigenvalue weighted by Gasteiger charge is 2.32. The number of anilines is 3. The molecule has 1 N–H and O–H groups in total. The molecular weight excluding hydrogens is 494 g/mol. The summed E-state index contributed by atoms with van der Waals surface area (Å²) in [6.07, 6.45) is -8.86. The van der Waals surface area contributed by atoms with Crippen molar-refractivity contribution >= 4 is 33.8 Å². The number of thiazole rings is 1. The molecule has 0 radical (unpaired) electrons. The van der Waals surface area contributed by atoms with Gasteiger partial charge in [0.25, 0.3) is 0 Å². The average Bonchev–Trinajstić information content (AvgIpc) is 3.25. The van der Waals surface area contributed by atoms with Gasteiger partial charge in [0.2, 0.25) is 5.91 Å². The molecule has 0 bridgehead atoms. The first-order chi connectivity index (χ1) is 16.5. The smallest absolute Gasteiger partial charge is 0.368 e. The number of aromatic nitrogens is 1. The van der Waals surface area contributed by atoms with Gasteiger partial charge < -0.3 is 15.1 Å². The second-order valence-electron chi connectivity index (χ2n) is 7.94. The predicted molar refractivity (Wildman–Crippen MR) is 121 cm³/mol. The van der Waals surface area contributed by atoms with Crippen molar-refractivity contribution in [3.63, 3.8) is 0 Å². The van der Waals surface area contributed by atoms with Crippen molar-refractivity contribution in [2.75, 3.05) is 36.4 Å². The van der Waals surface area contributed by atoms with Crippen molar-refractivity contribution in [1.29, 1.82) is 0 Å². The molecule has 5 nitrogen and oxygen atoms in total. The van der Waals surface area contributed by atoms with Crippen LogP contribution in [0.2, 0.25) is 0 Å². The van der Waals surface area contributed by atoms with Gasteiger partial charge in [-0.05, 0) is 36.4 Å². The van der Waals surface area contributed by atoms with Gasteiger partial charge in [-0.1, -0.05) is 12.1 Å². The Hall–Kier alpha value is -3.28. The molecule has 0 saturated carbocycles. The standard InChI is InChI=1S/C23H20F6N4OS/c24-22(25,26)15-3-1-5-17(11-15)30-21-31-18(14-35-21)13-20(34)33-9-7-32(8-10-33)19-6-2-4-16(12-19)23(27,28)29/h1-6,11-12,14H,7-10,13H2,(H,30,31). The minimum atomic E-state index is -4.46. The molecule has 1 fully saturated rings. The zero-order valence-electron chi connectivity index (χ0n) is 18.2. The fourth-order valence-electron chi connectivity index (χ4n) is 3.70. The SMILES string of the molecule is O=C(Cc1csc(Nc2cccc(C(F)(F)F)c2)n1)N1CCN(c2cccc(C(F)(F)F)c2)CC1. The van der Waals surface area contributed by atoms with E-state index in [2.05, 4.69) is 10.3 Å². The van der Waals surface area contributed by atoms with Gasteiger partial charge in [-0.3, -0.25) is 4.79 Å². The highest BCUT2D eigenvalue weighted by molar-refractivity contribution is 7.13. The number of hydrogen-bond donors (Lipinski definition) is 1. The maximum absolute atomic E-state index is 13.0. The summed E-state index contributed by atoms with van der Waals surface area (Å²) in [5.41, 5.74) is -0.324. The fraction of sp³-hybridized carbons (Fsp3) is 0.304. The third kappa shape index (κ3) is 6.24. The molecule has 2 heterocycles. The van der Waals surface area contributed by atoms with Crippen LogP contribution in [0.15, 0.2) is 53.9 Å². The maximum atomic E-state index is 13.0. The van der Waals surface area contributed by atoms with Gasteiger partial charge in [-0.25, -0.2) is 4.98 Å². The van der Waals surface area contributed by atoms with E-state index in [9.17, 15) is 31.1 Å². The third-order valence-electron chi connectivity index (χ3n) is 5.50. The average molecular weight is 514 g/mol. The molecule has 1 amide bonds. The van der Waals surface area contributed by atoms with Crippen molar-refractivity contribution in [2.45, 2.75) is 18.8 Å². The molecule has 1 saturated heterocycles. The van der Waals surface area contributed by atoms with E-state index in [-0.39, 0.29) is 18.0 Å². The van der Waals surface area contributed by atoms with E-state index in [0.29, 0.717) is 42.7 Å². The van der Waals surface area contributed by atoms with Gasteiger partial charge in [0, 0.05) is 42.9 Å². The van der Waals surface area contributed by atoms with Crippen molar-refractivity contribution in [3.05, 3.63) is 70.7 Å². The normalized spacial score (nSPS) is 14.8. The first-order valence-corrected chi connectivity index (χ1v) is 11.5. The van der Waals surface area contributed by atoms with Crippen LogP contribution in [-0.2, 0) is 23.6 Å². The number of carbonyl (C=O) groups excluding carboxylic acids is 1. The van der Waals surface area contributed by atoms with E-state index in [0.717, 1.165) is 24.3 Å². The molecule has 2 aromatic carbocycles. The zero-order chi connectivity index (χ0) is 25.2. The lowest BCUT2D eigenvalue weighted by Gasteiger charge is -2.36. The maximum Gasteiger partial charge on any atom is 0.416 e. The van der Waals surface area contributed by atoms with Crippen LogP contribution in [0.3, 0.4) is 0 Å². The molecule has 3 aromatic rings. The first kappa shape index (κ1) is 24.8. The predicted octanol–water partition coefficient (Wildman–Crippen LogP) is 5.82. The molecule has 1 aromatic heterocycles. The van der Waals surface area contributed by atoms with Crippen LogP contribution >= 0.6 is 11.3 Å². The highest BCUT2D eigenvalue weighted by atomic mass is 32.1. The number of alkyl halides is 6. The van der Waals surface area contributed by atoms with Gasteiger partial charge in [0.1, 0.15) is 0 Å². The number of piperazine rings is 1. The minimum absolute atomic E-state index is 0.0182. The van der Waals surface area contributed by atoms with E-state index >= 15 is 0 Å². The van der Waals surface area contributed by atoms with Crippen molar-refractivity contribution in [1.82, 2.24) is 9.88 Å². The van der Waals surface area contributed by atoms with Crippen LogP contribution in [0.1, 0.15) is 16.8 Å². The number of amides is 1.